The lowest BCUT2D eigenvalue weighted by molar-refractivity contribution is -0.134. The van der Waals surface area contributed by atoms with Crippen molar-refractivity contribution in [1.82, 2.24) is 4.90 Å². The van der Waals surface area contributed by atoms with Gasteiger partial charge >= 0.3 is 0 Å². The molecule has 0 aromatic rings. The highest BCUT2D eigenvalue weighted by Gasteiger charge is 2.28. The van der Waals surface area contributed by atoms with Crippen LogP contribution in [0.2, 0.25) is 0 Å². The predicted octanol–water partition coefficient (Wildman–Crippen LogP) is 0.205. The van der Waals surface area contributed by atoms with Crippen LogP contribution in [0.4, 0.5) is 0 Å². The van der Waals surface area contributed by atoms with Crippen molar-refractivity contribution < 1.29 is 4.79 Å². The molecule has 0 heterocycles. The van der Waals surface area contributed by atoms with Gasteiger partial charge in [-0.3, -0.25) is 4.79 Å². The van der Waals surface area contributed by atoms with E-state index in [1.807, 2.05) is 6.92 Å². The van der Waals surface area contributed by atoms with Crippen LogP contribution < -0.4 is 5.73 Å². The van der Waals surface area contributed by atoms with Gasteiger partial charge in [0.15, 0.2) is 0 Å². The summed E-state index contributed by atoms with van der Waals surface area (Å²) in [5.74, 6) is 2.29. The molecule has 1 atom stereocenters. The Morgan fingerprint density at radius 2 is 2.25 bits per heavy atom. The van der Waals surface area contributed by atoms with Crippen LogP contribution in [0.15, 0.2) is 0 Å². The summed E-state index contributed by atoms with van der Waals surface area (Å²) in [4.78, 5) is 13.0. The second-order valence-corrected chi connectivity index (χ2v) is 3.14. The van der Waals surface area contributed by atoms with Crippen LogP contribution in [0.1, 0.15) is 20.3 Å². The van der Waals surface area contributed by atoms with Gasteiger partial charge in [-0.1, -0.05) is 12.8 Å². The Morgan fingerprint density at radius 1 is 1.75 bits per heavy atom. The van der Waals surface area contributed by atoms with E-state index in [2.05, 4.69) is 5.92 Å². The zero-order chi connectivity index (χ0) is 9.78. The molecule has 0 aliphatic heterocycles. The SMILES string of the molecule is C#CCN(C)C(=O)C(C)(N)CC. The van der Waals surface area contributed by atoms with Gasteiger partial charge in [0.2, 0.25) is 5.91 Å². The monoisotopic (exact) mass is 168 g/mol. The smallest absolute Gasteiger partial charge is 0.242 e. The van der Waals surface area contributed by atoms with E-state index in [1.54, 1.807) is 14.0 Å². The fraction of sp³-hybridized carbons (Fsp3) is 0.667. The topological polar surface area (TPSA) is 46.3 Å². The molecular weight excluding hydrogens is 152 g/mol. The normalized spacial score (nSPS) is 14.6. The molecule has 0 rings (SSSR count). The summed E-state index contributed by atoms with van der Waals surface area (Å²) in [6.07, 6.45) is 5.68. The average molecular weight is 168 g/mol. The second kappa shape index (κ2) is 4.13. The number of hydrogen-bond donors (Lipinski definition) is 1. The average Bonchev–Trinajstić information content (AvgIpc) is 2.03. The summed E-state index contributed by atoms with van der Waals surface area (Å²) in [6.45, 7) is 3.90. The van der Waals surface area contributed by atoms with Crippen molar-refractivity contribution in [3.8, 4) is 12.3 Å². The summed E-state index contributed by atoms with van der Waals surface area (Å²) in [5.41, 5.74) is 4.94. The van der Waals surface area contributed by atoms with E-state index in [0.29, 0.717) is 13.0 Å². The van der Waals surface area contributed by atoms with Crippen molar-refractivity contribution in [2.24, 2.45) is 5.73 Å². The summed E-state index contributed by atoms with van der Waals surface area (Å²) in [6, 6.07) is 0. The van der Waals surface area contributed by atoms with Gasteiger partial charge in [-0.2, -0.15) is 0 Å². The van der Waals surface area contributed by atoms with Crippen LogP contribution in [0.5, 0.6) is 0 Å². The number of terminal acetylenes is 1. The minimum absolute atomic E-state index is 0.108. The molecular formula is C9H16N2O. The molecule has 0 bridgehead atoms. The number of nitrogens with zero attached hydrogens (tertiary/aromatic N) is 1. The van der Waals surface area contributed by atoms with Gasteiger partial charge in [0.1, 0.15) is 0 Å². The highest BCUT2D eigenvalue weighted by molar-refractivity contribution is 5.85. The fourth-order valence-corrected chi connectivity index (χ4v) is 0.796. The minimum Gasteiger partial charge on any atom is -0.333 e. The Labute approximate surface area is 73.9 Å². The molecule has 3 nitrogen and oxygen atoms in total. The van der Waals surface area contributed by atoms with Gasteiger partial charge in [-0.15, -0.1) is 6.42 Å². The number of rotatable bonds is 3. The molecule has 12 heavy (non-hydrogen) atoms. The van der Waals surface area contributed by atoms with Gasteiger partial charge in [-0.25, -0.2) is 0 Å². The minimum atomic E-state index is -0.786. The van der Waals surface area contributed by atoms with Crippen molar-refractivity contribution >= 4 is 5.91 Å². The van der Waals surface area contributed by atoms with E-state index in [-0.39, 0.29) is 5.91 Å². The van der Waals surface area contributed by atoms with Crippen molar-refractivity contribution in [2.45, 2.75) is 25.8 Å². The van der Waals surface area contributed by atoms with Crippen molar-refractivity contribution in [3.63, 3.8) is 0 Å². The lowest BCUT2D eigenvalue weighted by atomic mass is 9.99. The van der Waals surface area contributed by atoms with Gasteiger partial charge in [0.25, 0.3) is 0 Å². The number of hydrogen-bond acceptors (Lipinski definition) is 2. The third-order valence-electron chi connectivity index (χ3n) is 1.90. The summed E-state index contributed by atoms with van der Waals surface area (Å²) >= 11 is 0. The molecule has 0 saturated carbocycles. The van der Waals surface area contributed by atoms with Crippen LogP contribution in [-0.2, 0) is 4.79 Å². The van der Waals surface area contributed by atoms with Crippen LogP contribution in [-0.4, -0.2) is 29.9 Å². The zero-order valence-corrected chi connectivity index (χ0v) is 7.92. The molecule has 0 fully saturated rings. The van der Waals surface area contributed by atoms with Crippen LogP contribution in [0.3, 0.4) is 0 Å². The molecule has 1 amide bonds. The highest BCUT2D eigenvalue weighted by Crippen LogP contribution is 2.07. The molecule has 0 aromatic carbocycles. The molecule has 0 saturated heterocycles. The first-order valence-electron chi connectivity index (χ1n) is 3.93. The van der Waals surface area contributed by atoms with Gasteiger partial charge < -0.3 is 10.6 Å². The quantitative estimate of drug-likeness (QED) is 0.612. The third-order valence-corrected chi connectivity index (χ3v) is 1.90. The van der Waals surface area contributed by atoms with E-state index < -0.39 is 5.54 Å². The van der Waals surface area contributed by atoms with Crippen molar-refractivity contribution in [3.05, 3.63) is 0 Å². The standard InChI is InChI=1S/C9H16N2O/c1-5-7-11(4)8(12)9(3,10)6-2/h1H,6-7,10H2,2-4H3. The second-order valence-electron chi connectivity index (χ2n) is 3.14. The third kappa shape index (κ3) is 2.55. The predicted molar refractivity (Wildman–Crippen MR) is 49.4 cm³/mol. The first-order valence-corrected chi connectivity index (χ1v) is 3.93. The lowest BCUT2D eigenvalue weighted by Gasteiger charge is -2.26. The van der Waals surface area contributed by atoms with Crippen LogP contribution in [0, 0.1) is 12.3 Å². The molecule has 0 spiro atoms. The molecule has 3 heteroatoms. The molecule has 2 N–H and O–H groups in total. The number of carbonyl (C=O) groups excluding carboxylic acids is 1. The maximum absolute atomic E-state index is 11.5. The van der Waals surface area contributed by atoms with Gasteiger partial charge in [0, 0.05) is 7.05 Å². The fourth-order valence-electron chi connectivity index (χ4n) is 0.796. The van der Waals surface area contributed by atoms with Gasteiger partial charge in [-0.05, 0) is 13.3 Å². The maximum Gasteiger partial charge on any atom is 0.242 e. The number of amides is 1. The largest absolute Gasteiger partial charge is 0.333 e. The molecule has 0 aliphatic rings. The first-order chi connectivity index (χ1) is 5.45. The first kappa shape index (κ1) is 11.0. The van der Waals surface area contributed by atoms with E-state index in [4.69, 9.17) is 12.2 Å². The molecule has 1 unspecified atom stereocenters. The lowest BCUT2D eigenvalue weighted by Crippen LogP contribution is -2.51. The van der Waals surface area contributed by atoms with Crippen molar-refractivity contribution in [2.75, 3.05) is 13.6 Å². The molecule has 0 aromatic heterocycles. The Balaban J connectivity index is 4.30. The number of nitrogens with two attached hydrogens (primary N) is 1. The molecule has 0 aliphatic carbocycles. The zero-order valence-electron chi connectivity index (χ0n) is 7.92. The van der Waals surface area contributed by atoms with Crippen LogP contribution in [0.25, 0.3) is 0 Å². The highest BCUT2D eigenvalue weighted by atomic mass is 16.2. The van der Waals surface area contributed by atoms with E-state index in [0.717, 1.165) is 0 Å². The Kier molecular flexibility index (Phi) is 3.78. The molecule has 68 valence electrons. The Hall–Kier alpha value is -1.01. The maximum atomic E-state index is 11.5. The van der Waals surface area contributed by atoms with Crippen molar-refractivity contribution in [1.29, 1.82) is 0 Å². The Bertz CT molecular complexity index is 203. The Morgan fingerprint density at radius 3 is 2.58 bits per heavy atom. The number of likely N-dealkylation sites (N-methyl/N-ethyl adjacent to an activating group) is 1. The summed E-state index contributed by atoms with van der Waals surface area (Å²) in [7, 11) is 1.66. The van der Waals surface area contributed by atoms with Crippen LogP contribution >= 0.6 is 0 Å². The van der Waals surface area contributed by atoms with E-state index in [1.165, 1.54) is 4.90 Å². The molecule has 0 radical (unpaired) electrons. The number of carbonyl (C=O) groups is 1. The van der Waals surface area contributed by atoms with Gasteiger partial charge in [0.05, 0.1) is 12.1 Å². The summed E-state index contributed by atoms with van der Waals surface area (Å²) < 4.78 is 0. The van der Waals surface area contributed by atoms with E-state index >= 15 is 0 Å². The van der Waals surface area contributed by atoms with E-state index in [9.17, 15) is 4.79 Å². The summed E-state index contributed by atoms with van der Waals surface area (Å²) in [5, 5.41) is 0.